The van der Waals surface area contributed by atoms with Gasteiger partial charge in [-0.25, -0.2) is 0 Å². The zero-order valence-electron chi connectivity index (χ0n) is 15.0. The third-order valence-corrected chi connectivity index (χ3v) is 6.04. The van der Waals surface area contributed by atoms with Crippen molar-refractivity contribution in [2.24, 2.45) is 4.40 Å². The van der Waals surface area contributed by atoms with Crippen molar-refractivity contribution in [3.63, 3.8) is 0 Å². The molecule has 0 bridgehead atoms. The van der Waals surface area contributed by atoms with Crippen molar-refractivity contribution in [2.75, 3.05) is 5.32 Å². The van der Waals surface area contributed by atoms with E-state index in [0.29, 0.717) is 15.7 Å². The lowest BCUT2D eigenvalue weighted by Crippen LogP contribution is -2.16. The molecule has 0 atom stereocenters. The van der Waals surface area contributed by atoms with Crippen LogP contribution in [0.5, 0.6) is 0 Å². The van der Waals surface area contributed by atoms with E-state index in [1.54, 1.807) is 42.7 Å². The summed E-state index contributed by atoms with van der Waals surface area (Å²) in [5.74, 6) is 0.170. The highest BCUT2D eigenvalue weighted by Crippen LogP contribution is 2.26. The van der Waals surface area contributed by atoms with Crippen LogP contribution in [0, 0.1) is 0 Å². The van der Waals surface area contributed by atoms with Gasteiger partial charge in [0.15, 0.2) is 10.8 Å². The average molecular weight is 422 g/mol. The largest absolute Gasteiger partial charge is 0.314 e. The maximum Gasteiger partial charge on any atom is 0.284 e. The summed E-state index contributed by atoms with van der Waals surface area (Å²) in [5.41, 5.74) is 1.44. The molecule has 2 aromatic carbocycles. The Morgan fingerprint density at radius 2 is 1.62 bits per heavy atom. The van der Waals surface area contributed by atoms with Crippen LogP contribution >= 0.6 is 11.3 Å². The number of anilines is 1. The molecule has 144 valence electrons. The van der Waals surface area contributed by atoms with Crippen molar-refractivity contribution < 1.29 is 8.42 Å². The topological polar surface area (TPSA) is 97.2 Å². The molecule has 0 aliphatic carbocycles. The van der Waals surface area contributed by atoms with E-state index >= 15 is 0 Å². The van der Waals surface area contributed by atoms with Gasteiger partial charge in [0, 0.05) is 23.5 Å². The van der Waals surface area contributed by atoms with Gasteiger partial charge in [0.05, 0.1) is 4.90 Å². The van der Waals surface area contributed by atoms with Gasteiger partial charge in [0.25, 0.3) is 10.0 Å². The van der Waals surface area contributed by atoms with Gasteiger partial charge in [-0.1, -0.05) is 59.9 Å². The molecular weight excluding hydrogens is 406 g/mol. The summed E-state index contributed by atoms with van der Waals surface area (Å²) in [6.45, 7) is 0. The van der Waals surface area contributed by atoms with Crippen LogP contribution in [0.2, 0.25) is 0 Å². The number of nitrogens with one attached hydrogen (secondary N) is 1. The Bertz CT molecular complexity index is 1230. The lowest BCUT2D eigenvalue weighted by Gasteiger charge is -2.08. The minimum absolute atomic E-state index is 0.114. The molecule has 0 spiro atoms. The zero-order chi connectivity index (χ0) is 20.1. The fourth-order valence-electron chi connectivity index (χ4n) is 2.49. The molecule has 0 radical (unpaired) electrons. The summed E-state index contributed by atoms with van der Waals surface area (Å²) in [6.07, 6.45) is 3.37. The Labute approximate surface area is 171 Å². The summed E-state index contributed by atoms with van der Waals surface area (Å²) in [4.78, 5) is 4.19. The number of aromatic nitrogens is 3. The van der Waals surface area contributed by atoms with Crippen LogP contribution in [0.15, 0.2) is 94.5 Å². The van der Waals surface area contributed by atoms with Crippen LogP contribution in [0.1, 0.15) is 5.56 Å². The molecule has 2 heterocycles. The first kappa shape index (κ1) is 18.9. The van der Waals surface area contributed by atoms with E-state index in [9.17, 15) is 8.42 Å². The molecular formula is C20H15N5O2S2. The zero-order valence-corrected chi connectivity index (χ0v) is 16.6. The van der Waals surface area contributed by atoms with E-state index < -0.39 is 10.0 Å². The SMILES string of the molecule is O=S(=O)(N=C(Nc1nnc(-c2cccnc2)s1)c1ccccc1)c1ccccc1. The van der Waals surface area contributed by atoms with Gasteiger partial charge in [0.1, 0.15) is 0 Å². The Kier molecular flexibility index (Phi) is 5.41. The van der Waals surface area contributed by atoms with Gasteiger partial charge in [-0.05, 0) is 24.3 Å². The van der Waals surface area contributed by atoms with E-state index in [2.05, 4.69) is 24.9 Å². The first-order valence-corrected chi connectivity index (χ1v) is 10.8. The van der Waals surface area contributed by atoms with E-state index in [1.165, 1.54) is 23.5 Å². The number of hydrogen-bond acceptors (Lipinski definition) is 6. The van der Waals surface area contributed by atoms with Crippen LogP contribution in [0.4, 0.5) is 5.13 Å². The first-order valence-electron chi connectivity index (χ1n) is 8.58. The van der Waals surface area contributed by atoms with Gasteiger partial charge in [-0.15, -0.1) is 14.6 Å². The van der Waals surface area contributed by atoms with Gasteiger partial charge >= 0.3 is 0 Å². The van der Waals surface area contributed by atoms with Crippen LogP contribution in [-0.2, 0) is 10.0 Å². The number of rotatable bonds is 5. The summed E-state index contributed by atoms with van der Waals surface area (Å²) in [7, 11) is -3.90. The predicted molar refractivity (Wildman–Crippen MR) is 113 cm³/mol. The van der Waals surface area contributed by atoms with E-state index in [-0.39, 0.29) is 10.7 Å². The molecule has 9 heteroatoms. The average Bonchev–Trinajstić information content (AvgIpc) is 3.24. The molecule has 4 rings (SSSR count). The maximum atomic E-state index is 12.8. The van der Waals surface area contributed by atoms with Crippen molar-refractivity contribution in [3.05, 3.63) is 90.8 Å². The van der Waals surface area contributed by atoms with Crippen molar-refractivity contribution in [2.45, 2.75) is 4.90 Å². The molecule has 0 unspecified atom stereocenters. The highest BCUT2D eigenvalue weighted by molar-refractivity contribution is 7.90. The Morgan fingerprint density at radius 1 is 0.897 bits per heavy atom. The number of amidine groups is 1. The molecule has 0 saturated carbocycles. The minimum atomic E-state index is -3.90. The van der Waals surface area contributed by atoms with Crippen LogP contribution in [-0.4, -0.2) is 29.4 Å². The third-order valence-electron chi connectivity index (χ3n) is 3.86. The number of hydrogen-bond donors (Lipinski definition) is 1. The maximum absolute atomic E-state index is 12.8. The number of pyridine rings is 1. The predicted octanol–water partition coefficient (Wildman–Crippen LogP) is 3.85. The lowest BCUT2D eigenvalue weighted by molar-refractivity contribution is 0.598. The fourth-order valence-corrected chi connectivity index (χ4v) is 4.22. The summed E-state index contributed by atoms with van der Waals surface area (Å²) < 4.78 is 29.6. The van der Waals surface area contributed by atoms with Crippen molar-refractivity contribution >= 4 is 32.3 Å². The molecule has 7 nitrogen and oxygen atoms in total. The van der Waals surface area contributed by atoms with Crippen LogP contribution in [0.25, 0.3) is 10.6 Å². The van der Waals surface area contributed by atoms with Crippen LogP contribution in [0.3, 0.4) is 0 Å². The number of benzene rings is 2. The standard InChI is InChI=1S/C20H15N5O2S2/c26-29(27,17-11-5-2-6-12-17)25-18(15-8-3-1-4-9-15)22-20-24-23-19(28-20)16-10-7-13-21-14-16/h1-14H,(H,22,24,25). The molecule has 29 heavy (non-hydrogen) atoms. The smallest absolute Gasteiger partial charge is 0.284 e. The molecule has 1 N–H and O–H groups in total. The first-order chi connectivity index (χ1) is 14.1. The Balaban J connectivity index is 1.70. The highest BCUT2D eigenvalue weighted by atomic mass is 32.2. The fraction of sp³-hybridized carbons (Fsp3) is 0. The molecule has 0 fully saturated rings. The van der Waals surface area contributed by atoms with E-state index in [0.717, 1.165) is 5.56 Å². The minimum Gasteiger partial charge on any atom is -0.314 e. The van der Waals surface area contributed by atoms with Crippen molar-refractivity contribution in [1.29, 1.82) is 0 Å². The van der Waals surface area contributed by atoms with E-state index in [4.69, 9.17) is 0 Å². The molecule has 0 saturated heterocycles. The summed E-state index contributed by atoms with van der Waals surface area (Å²) >= 11 is 1.28. The van der Waals surface area contributed by atoms with Gasteiger partial charge < -0.3 is 5.32 Å². The molecule has 0 aliphatic heterocycles. The second kappa shape index (κ2) is 8.29. The van der Waals surface area contributed by atoms with Crippen molar-refractivity contribution in [1.82, 2.24) is 15.2 Å². The molecule has 0 aliphatic rings. The quantitative estimate of drug-likeness (QED) is 0.388. The second-order valence-electron chi connectivity index (χ2n) is 5.87. The van der Waals surface area contributed by atoms with Gasteiger partial charge in [-0.3, -0.25) is 4.98 Å². The van der Waals surface area contributed by atoms with Gasteiger partial charge in [-0.2, -0.15) is 8.42 Å². The summed E-state index contributed by atoms with van der Waals surface area (Å²) in [5, 5.41) is 12.4. The number of nitrogens with zero attached hydrogens (tertiary/aromatic N) is 4. The Morgan fingerprint density at radius 3 is 2.31 bits per heavy atom. The highest BCUT2D eigenvalue weighted by Gasteiger charge is 2.17. The van der Waals surface area contributed by atoms with E-state index in [1.807, 2.05) is 30.3 Å². The molecule has 2 aromatic heterocycles. The van der Waals surface area contributed by atoms with Crippen molar-refractivity contribution in [3.8, 4) is 10.6 Å². The Hall–Kier alpha value is -3.43. The summed E-state index contributed by atoms with van der Waals surface area (Å²) in [6, 6.07) is 20.8. The lowest BCUT2D eigenvalue weighted by atomic mass is 10.2. The normalized spacial score (nSPS) is 11.9. The number of sulfonamides is 1. The van der Waals surface area contributed by atoms with Gasteiger partial charge in [0.2, 0.25) is 5.13 Å². The van der Waals surface area contributed by atoms with Crippen LogP contribution < -0.4 is 5.32 Å². The molecule has 0 amide bonds. The third kappa shape index (κ3) is 4.53. The monoisotopic (exact) mass is 421 g/mol. The second-order valence-corrected chi connectivity index (χ2v) is 8.45. The molecule has 4 aromatic rings.